The molecule has 0 spiro atoms. The number of rotatable bonds is 7. The van der Waals surface area contributed by atoms with Gasteiger partial charge >= 0.3 is 5.97 Å². The van der Waals surface area contributed by atoms with Gasteiger partial charge in [-0.15, -0.1) is 0 Å². The number of ether oxygens (including phenoxy) is 2. The molecule has 0 aromatic heterocycles. The fraction of sp³-hybridized carbons (Fsp3) is 0.500. The van der Waals surface area contributed by atoms with Crippen LogP contribution in [0.15, 0.2) is 28.7 Å². The second-order valence-corrected chi connectivity index (χ2v) is 6.78. The first-order chi connectivity index (χ1) is 10.3. The van der Waals surface area contributed by atoms with Crippen molar-refractivity contribution in [3.05, 3.63) is 28.7 Å². The lowest BCUT2D eigenvalue weighted by Crippen LogP contribution is -2.42. The smallest absolute Gasteiger partial charge is 0.306 e. The molecule has 0 fully saturated rings. The number of hydrogen-bond donors (Lipinski definition) is 1. The highest BCUT2D eigenvalue weighted by Crippen LogP contribution is 2.17. The van der Waals surface area contributed by atoms with Gasteiger partial charge in [-0.05, 0) is 45.4 Å². The van der Waals surface area contributed by atoms with E-state index in [4.69, 9.17) is 9.47 Å². The lowest BCUT2D eigenvalue weighted by atomic mass is 10.1. The van der Waals surface area contributed by atoms with Crippen molar-refractivity contribution in [2.75, 3.05) is 13.2 Å². The second-order valence-electron chi connectivity index (χ2n) is 5.87. The second kappa shape index (κ2) is 8.78. The van der Waals surface area contributed by atoms with Gasteiger partial charge in [0.2, 0.25) is 0 Å². The fourth-order valence-electron chi connectivity index (χ4n) is 1.64. The molecule has 0 radical (unpaired) electrons. The number of carbonyl (C=O) groups is 2. The van der Waals surface area contributed by atoms with E-state index in [1.807, 2.05) is 45.0 Å². The topological polar surface area (TPSA) is 64.6 Å². The molecule has 1 rings (SSSR count). The van der Waals surface area contributed by atoms with Crippen molar-refractivity contribution in [3.8, 4) is 5.75 Å². The molecular formula is C16H22BrNO4. The Morgan fingerprint density at radius 3 is 2.64 bits per heavy atom. The predicted molar refractivity (Wildman–Crippen MR) is 87.7 cm³/mol. The van der Waals surface area contributed by atoms with Crippen molar-refractivity contribution in [2.24, 2.45) is 0 Å². The molecule has 1 amide bonds. The lowest BCUT2D eigenvalue weighted by molar-refractivity contribution is -0.149. The number of amides is 1. The van der Waals surface area contributed by atoms with E-state index in [2.05, 4.69) is 21.2 Å². The largest absolute Gasteiger partial charge is 0.494 e. The van der Waals surface area contributed by atoms with Crippen LogP contribution in [0.2, 0.25) is 0 Å². The number of carbonyl (C=O) groups excluding carboxylic acids is 2. The van der Waals surface area contributed by atoms with Crippen LogP contribution in [0.3, 0.4) is 0 Å². The summed E-state index contributed by atoms with van der Waals surface area (Å²) >= 11 is 3.36. The Labute approximate surface area is 139 Å². The number of esters is 1. The van der Waals surface area contributed by atoms with Crippen LogP contribution < -0.4 is 10.1 Å². The molecule has 0 aliphatic carbocycles. The quantitative estimate of drug-likeness (QED) is 0.590. The van der Waals surface area contributed by atoms with Gasteiger partial charge in [-0.25, -0.2) is 0 Å². The van der Waals surface area contributed by atoms with Crippen LogP contribution in [0.4, 0.5) is 0 Å². The van der Waals surface area contributed by atoms with E-state index in [0.29, 0.717) is 13.0 Å². The van der Waals surface area contributed by atoms with E-state index in [1.165, 1.54) is 0 Å². The zero-order valence-corrected chi connectivity index (χ0v) is 14.7. The van der Waals surface area contributed by atoms with Crippen molar-refractivity contribution in [2.45, 2.75) is 39.2 Å². The fourth-order valence-corrected chi connectivity index (χ4v) is 2.01. The van der Waals surface area contributed by atoms with Crippen LogP contribution in [0.5, 0.6) is 5.75 Å². The summed E-state index contributed by atoms with van der Waals surface area (Å²) in [4.78, 5) is 23.0. The molecule has 122 valence electrons. The number of halogens is 1. The van der Waals surface area contributed by atoms with Gasteiger partial charge in [0.05, 0.1) is 6.61 Å². The highest BCUT2D eigenvalue weighted by molar-refractivity contribution is 9.10. The molecule has 0 heterocycles. The molecule has 0 bridgehead atoms. The van der Waals surface area contributed by atoms with Gasteiger partial charge in [0.25, 0.3) is 5.91 Å². The summed E-state index contributed by atoms with van der Waals surface area (Å²) in [6.45, 7) is 5.77. The minimum Gasteiger partial charge on any atom is -0.494 e. The number of benzene rings is 1. The monoisotopic (exact) mass is 371 g/mol. The molecule has 0 aliphatic rings. The molecule has 5 nitrogen and oxygen atoms in total. The van der Waals surface area contributed by atoms with Crippen LogP contribution in [-0.4, -0.2) is 30.6 Å². The third-order valence-corrected chi connectivity index (χ3v) is 2.96. The molecule has 0 unspecified atom stereocenters. The summed E-state index contributed by atoms with van der Waals surface area (Å²) in [5, 5.41) is 2.72. The summed E-state index contributed by atoms with van der Waals surface area (Å²) in [7, 11) is 0. The maximum atomic E-state index is 11.5. The summed E-state index contributed by atoms with van der Waals surface area (Å²) in [5.74, 6) is 0.0421. The zero-order chi connectivity index (χ0) is 16.6. The maximum Gasteiger partial charge on any atom is 0.306 e. The summed E-state index contributed by atoms with van der Waals surface area (Å²) in [5.41, 5.74) is -0.332. The SMILES string of the molecule is CC(C)(C)NC(=O)COC(=O)CCCOc1cccc(Br)c1. The number of hydrogen-bond acceptors (Lipinski definition) is 4. The number of nitrogens with one attached hydrogen (secondary N) is 1. The standard InChI is InChI=1S/C16H22BrNO4/c1-16(2,3)18-14(19)11-22-15(20)8-5-9-21-13-7-4-6-12(17)10-13/h4,6-7,10H,5,8-9,11H2,1-3H3,(H,18,19). The molecule has 0 saturated heterocycles. The van der Waals surface area contributed by atoms with E-state index < -0.39 is 5.97 Å². The first kappa shape index (κ1) is 18.5. The average Bonchev–Trinajstić information content (AvgIpc) is 2.39. The van der Waals surface area contributed by atoms with Crippen molar-refractivity contribution in [1.82, 2.24) is 5.32 Å². The van der Waals surface area contributed by atoms with E-state index in [-0.39, 0.29) is 24.5 Å². The molecule has 0 aliphatic heterocycles. The molecular weight excluding hydrogens is 350 g/mol. The molecule has 6 heteroatoms. The Balaban J connectivity index is 2.15. The first-order valence-corrected chi connectivity index (χ1v) is 7.90. The highest BCUT2D eigenvalue weighted by Gasteiger charge is 2.15. The highest BCUT2D eigenvalue weighted by atomic mass is 79.9. The maximum absolute atomic E-state index is 11.5. The van der Waals surface area contributed by atoms with Gasteiger partial charge in [0.15, 0.2) is 6.61 Å². The summed E-state index contributed by atoms with van der Waals surface area (Å²) in [6.07, 6.45) is 0.753. The minimum atomic E-state index is -0.401. The van der Waals surface area contributed by atoms with Crippen molar-refractivity contribution >= 4 is 27.8 Å². The van der Waals surface area contributed by atoms with Crippen LogP contribution in [0.25, 0.3) is 0 Å². The van der Waals surface area contributed by atoms with Crippen LogP contribution >= 0.6 is 15.9 Å². The van der Waals surface area contributed by atoms with Gasteiger partial charge in [-0.3, -0.25) is 9.59 Å². The predicted octanol–water partition coefficient (Wildman–Crippen LogP) is 3.07. The van der Waals surface area contributed by atoms with E-state index in [0.717, 1.165) is 10.2 Å². The molecule has 1 N–H and O–H groups in total. The van der Waals surface area contributed by atoms with Gasteiger partial charge in [-0.1, -0.05) is 22.0 Å². The first-order valence-electron chi connectivity index (χ1n) is 7.11. The van der Waals surface area contributed by atoms with Crippen LogP contribution in [0.1, 0.15) is 33.6 Å². The average molecular weight is 372 g/mol. The Kier molecular flexibility index (Phi) is 7.38. The van der Waals surface area contributed by atoms with Crippen LogP contribution in [-0.2, 0) is 14.3 Å². The van der Waals surface area contributed by atoms with Crippen molar-refractivity contribution in [1.29, 1.82) is 0 Å². The Bertz CT molecular complexity index is 511. The van der Waals surface area contributed by atoms with E-state index >= 15 is 0 Å². The Morgan fingerprint density at radius 2 is 2.00 bits per heavy atom. The Morgan fingerprint density at radius 1 is 1.27 bits per heavy atom. The molecule has 1 aromatic rings. The molecule has 1 aromatic carbocycles. The van der Waals surface area contributed by atoms with Gasteiger partial charge in [0, 0.05) is 16.4 Å². The van der Waals surface area contributed by atoms with Crippen molar-refractivity contribution < 1.29 is 19.1 Å². The molecule has 0 atom stereocenters. The minimum absolute atomic E-state index is 0.219. The van der Waals surface area contributed by atoms with Gasteiger partial charge in [-0.2, -0.15) is 0 Å². The van der Waals surface area contributed by atoms with Crippen molar-refractivity contribution in [3.63, 3.8) is 0 Å². The third kappa shape index (κ3) is 8.67. The zero-order valence-electron chi connectivity index (χ0n) is 13.1. The van der Waals surface area contributed by atoms with Crippen LogP contribution in [0, 0.1) is 0 Å². The summed E-state index contributed by atoms with van der Waals surface area (Å²) < 4.78 is 11.4. The normalized spacial score (nSPS) is 10.9. The Hall–Kier alpha value is -1.56. The van der Waals surface area contributed by atoms with E-state index in [9.17, 15) is 9.59 Å². The molecule has 0 saturated carbocycles. The van der Waals surface area contributed by atoms with Gasteiger partial charge in [0.1, 0.15) is 5.75 Å². The molecule has 22 heavy (non-hydrogen) atoms. The third-order valence-electron chi connectivity index (χ3n) is 2.47. The lowest BCUT2D eigenvalue weighted by Gasteiger charge is -2.20. The van der Waals surface area contributed by atoms with Gasteiger partial charge < -0.3 is 14.8 Å². The summed E-state index contributed by atoms with van der Waals surface area (Å²) in [6, 6.07) is 7.49. The van der Waals surface area contributed by atoms with E-state index in [1.54, 1.807) is 0 Å².